The van der Waals surface area contributed by atoms with Gasteiger partial charge < -0.3 is 5.11 Å². The molecule has 1 N–H and O–H groups in total. The molecule has 0 amide bonds. The van der Waals surface area contributed by atoms with Crippen LogP contribution in [0.5, 0.6) is 0 Å². The molecule has 1 unspecified atom stereocenters. The van der Waals surface area contributed by atoms with Crippen LogP contribution < -0.4 is 0 Å². The van der Waals surface area contributed by atoms with Crippen molar-refractivity contribution in [3.8, 4) is 0 Å². The molecule has 1 aromatic carbocycles. The van der Waals surface area contributed by atoms with E-state index >= 15 is 0 Å². The van der Waals surface area contributed by atoms with E-state index < -0.39 is 6.10 Å². The molecule has 0 aliphatic heterocycles. The smallest absolute Gasteiger partial charge is 0.123 e. The van der Waals surface area contributed by atoms with Crippen LogP contribution in [0.4, 0.5) is 0 Å². The topological polar surface area (TPSA) is 38.0 Å². The molecule has 1 aromatic heterocycles. The average Bonchev–Trinajstić information content (AvgIpc) is 2.73. The minimum atomic E-state index is -0.772. The molecule has 0 spiro atoms. The summed E-state index contributed by atoms with van der Waals surface area (Å²) in [5.41, 5.74) is 1.48. The first-order valence-corrected chi connectivity index (χ1v) is 8.13. The maximum Gasteiger partial charge on any atom is 0.123 e. The molecule has 1 atom stereocenters. The Kier molecular flexibility index (Phi) is 5.28. The first kappa shape index (κ1) is 15.3. The molecule has 0 fully saturated rings. The zero-order chi connectivity index (χ0) is 14.0. The fourth-order valence-electron chi connectivity index (χ4n) is 1.91. The summed E-state index contributed by atoms with van der Waals surface area (Å²) < 4.78 is 3.69. The van der Waals surface area contributed by atoms with Gasteiger partial charge in [0.15, 0.2) is 0 Å². The van der Waals surface area contributed by atoms with Crippen LogP contribution >= 0.6 is 50.1 Å². The van der Waals surface area contributed by atoms with E-state index in [2.05, 4.69) is 50.5 Å². The lowest BCUT2D eigenvalue weighted by Crippen LogP contribution is -2.11. The van der Waals surface area contributed by atoms with Crippen molar-refractivity contribution in [3.05, 3.63) is 48.7 Å². The van der Waals surface area contributed by atoms with Gasteiger partial charge >= 0.3 is 0 Å². The molecule has 102 valence electrons. The third-order valence-corrected chi connectivity index (χ3v) is 4.55. The van der Waals surface area contributed by atoms with Crippen molar-refractivity contribution in [2.45, 2.75) is 26.0 Å². The second-order valence-electron chi connectivity index (χ2n) is 4.17. The molecule has 3 nitrogen and oxygen atoms in total. The summed E-state index contributed by atoms with van der Waals surface area (Å²) in [4.78, 5) is 0. The minimum absolute atomic E-state index is 0.497. The molecule has 0 aliphatic carbocycles. The lowest BCUT2D eigenvalue weighted by molar-refractivity contribution is 0.206. The third-order valence-electron chi connectivity index (χ3n) is 2.78. The van der Waals surface area contributed by atoms with E-state index in [1.807, 2.05) is 18.2 Å². The SMILES string of the molecule is CCCn1ncc(Cl)c1C(O)c1cc(Br)ccc1I. The maximum absolute atomic E-state index is 10.6. The van der Waals surface area contributed by atoms with Gasteiger partial charge in [-0.25, -0.2) is 0 Å². The number of nitrogens with zero attached hydrogens (tertiary/aromatic N) is 2. The molecular formula is C13H13BrClIN2O. The largest absolute Gasteiger partial charge is 0.382 e. The number of aliphatic hydroxyl groups excluding tert-OH is 1. The van der Waals surface area contributed by atoms with Crippen molar-refractivity contribution < 1.29 is 5.11 Å². The van der Waals surface area contributed by atoms with Crippen molar-refractivity contribution in [1.29, 1.82) is 0 Å². The highest BCUT2D eigenvalue weighted by molar-refractivity contribution is 14.1. The van der Waals surface area contributed by atoms with Crippen LogP contribution in [-0.4, -0.2) is 14.9 Å². The monoisotopic (exact) mass is 454 g/mol. The lowest BCUT2D eigenvalue weighted by Gasteiger charge is -2.16. The molecule has 1 heterocycles. The van der Waals surface area contributed by atoms with Gasteiger partial charge in [0.1, 0.15) is 6.10 Å². The molecule has 19 heavy (non-hydrogen) atoms. The molecule has 2 rings (SSSR count). The molecule has 0 bridgehead atoms. The van der Waals surface area contributed by atoms with Gasteiger partial charge in [0.2, 0.25) is 0 Å². The summed E-state index contributed by atoms with van der Waals surface area (Å²) in [6.07, 6.45) is 1.75. The zero-order valence-corrected chi connectivity index (χ0v) is 14.8. The summed E-state index contributed by atoms with van der Waals surface area (Å²) in [6.45, 7) is 2.80. The fraction of sp³-hybridized carbons (Fsp3) is 0.308. The van der Waals surface area contributed by atoms with E-state index in [1.54, 1.807) is 10.9 Å². The Labute approximate surface area is 139 Å². The molecular weight excluding hydrogens is 442 g/mol. The van der Waals surface area contributed by atoms with Gasteiger partial charge in [-0.05, 0) is 47.2 Å². The first-order chi connectivity index (χ1) is 9.04. The average molecular weight is 456 g/mol. The third kappa shape index (κ3) is 3.32. The van der Waals surface area contributed by atoms with Crippen LogP contribution in [0.1, 0.15) is 30.7 Å². The number of hydrogen-bond donors (Lipinski definition) is 1. The van der Waals surface area contributed by atoms with E-state index in [1.165, 1.54) is 0 Å². The van der Waals surface area contributed by atoms with Gasteiger partial charge in [-0.2, -0.15) is 5.10 Å². The minimum Gasteiger partial charge on any atom is -0.382 e. The van der Waals surface area contributed by atoms with Crippen LogP contribution in [0.15, 0.2) is 28.9 Å². The number of aliphatic hydroxyl groups is 1. The number of benzene rings is 1. The van der Waals surface area contributed by atoms with Crippen LogP contribution in [0.25, 0.3) is 0 Å². The predicted octanol–water partition coefficient (Wildman–Crippen LogP) is 4.40. The Hall–Kier alpha value is -0.110. The number of aryl methyl sites for hydroxylation is 1. The quantitative estimate of drug-likeness (QED) is 0.695. The van der Waals surface area contributed by atoms with Gasteiger partial charge in [-0.3, -0.25) is 4.68 Å². The summed E-state index contributed by atoms with van der Waals surface area (Å²) in [6, 6.07) is 5.81. The van der Waals surface area contributed by atoms with Crippen molar-refractivity contribution in [3.63, 3.8) is 0 Å². The molecule has 6 heteroatoms. The van der Waals surface area contributed by atoms with Gasteiger partial charge in [0, 0.05) is 20.2 Å². The highest BCUT2D eigenvalue weighted by atomic mass is 127. The Morgan fingerprint density at radius 3 is 2.95 bits per heavy atom. The van der Waals surface area contributed by atoms with Gasteiger partial charge in [-0.15, -0.1) is 0 Å². The number of rotatable bonds is 4. The van der Waals surface area contributed by atoms with Crippen molar-refractivity contribution >= 4 is 50.1 Å². The Morgan fingerprint density at radius 2 is 2.26 bits per heavy atom. The van der Waals surface area contributed by atoms with Gasteiger partial charge in [0.25, 0.3) is 0 Å². The molecule has 2 aromatic rings. The normalized spacial score (nSPS) is 12.7. The molecule has 0 saturated carbocycles. The van der Waals surface area contributed by atoms with Crippen LogP contribution in [0.2, 0.25) is 5.02 Å². The van der Waals surface area contributed by atoms with Crippen molar-refractivity contribution in [2.75, 3.05) is 0 Å². The van der Waals surface area contributed by atoms with E-state index in [0.717, 1.165) is 26.6 Å². The Morgan fingerprint density at radius 1 is 1.53 bits per heavy atom. The lowest BCUT2D eigenvalue weighted by atomic mass is 10.1. The van der Waals surface area contributed by atoms with Crippen LogP contribution in [0.3, 0.4) is 0 Å². The summed E-state index contributed by atoms with van der Waals surface area (Å²) in [5.74, 6) is 0. The highest BCUT2D eigenvalue weighted by Gasteiger charge is 2.21. The van der Waals surface area contributed by atoms with Crippen molar-refractivity contribution in [2.24, 2.45) is 0 Å². The summed E-state index contributed by atoms with van der Waals surface area (Å²) in [7, 11) is 0. The zero-order valence-electron chi connectivity index (χ0n) is 10.3. The van der Waals surface area contributed by atoms with E-state index in [9.17, 15) is 5.11 Å². The van der Waals surface area contributed by atoms with E-state index in [-0.39, 0.29) is 0 Å². The Bertz CT molecular complexity index is 588. The van der Waals surface area contributed by atoms with Gasteiger partial charge in [-0.1, -0.05) is 34.5 Å². The number of halogens is 3. The van der Waals surface area contributed by atoms with Crippen LogP contribution in [0, 0.1) is 3.57 Å². The second-order valence-corrected chi connectivity index (χ2v) is 6.65. The maximum atomic E-state index is 10.6. The summed E-state index contributed by atoms with van der Waals surface area (Å²) >= 11 is 11.8. The van der Waals surface area contributed by atoms with Gasteiger partial charge in [0.05, 0.1) is 16.9 Å². The first-order valence-electron chi connectivity index (χ1n) is 5.88. The van der Waals surface area contributed by atoms with Crippen LogP contribution in [-0.2, 0) is 6.54 Å². The standard InChI is InChI=1S/C13H13BrClIN2O/c1-2-5-18-12(10(15)7-17-18)13(19)9-6-8(14)3-4-11(9)16/h3-4,6-7,13,19H,2,5H2,1H3. The second kappa shape index (κ2) is 6.56. The summed E-state index contributed by atoms with van der Waals surface area (Å²) in [5, 5.41) is 15.3. The van der Waals surface area contributed by atoms with E-state index in [0.29, 0.717) is 10.7 Å². The number of hydrogen-bond acceptors (Lipinski definition) is 2. The fourth-order valence-corrected chi connectivity index (χ4v) is 3.16. The molecule has 0 radical (unpaired) electrons. The van der Waals surface area contributed by atoms with Crippen molar-refractivity contribution in [1.82, 2.24) is 9.78 Å². The highest BCUT2D eigenvalue weighted by Crippen LogP contribution is 2.32. The number of aromatic nitrogens is 2. The molecule has 0 aliphatic rings. The predicted molar refractivity (Wildman–Crippen MR) is 88.4 cm³/mol. The molecule has 0 saturated heterocycles. The Balaban J connectivity index is 2.46. The van der Waals surface area contributed by atoms with E-state index in [4.69, 9.17) is 11.6 Å².